The molecule has 3 aromatic rings. The fourth-order valence-corrected chi connectivity index (χ4v) is 4.30. The Morgan fingerprint density at radius 3 is 2.41 bits per heavy atom. The number of hydrogen-bond acceptors (Lipinski definition) is 5. The van der Waals surface area contributed by atoms with E-state index >= 15 is 0 Å². The van der Waals surface area contributed by atoms with Gasteiger partial charge in [-0.15, -0.1) is 0 Å². The number of ether oxygens (including phenoxy) is 1. The number of anilines is 1. The Labute approximate surface area is 217 Å². The SMILES string of the molecule is Cc1cc(/C(O)=C2\C(=O)C(=O)N(c3ccc(F)c(F)c3)C2c2ccc(O)c(Cl)c2)ccc1OCC(C)C. The van der Waals surface area contributed by atoms with E-state index in [4.69, 9.17) is 16.3 Å². The largest absolute Gasteiger partial charge is 0.507 e. The Balaban J connectivity index is 1.88. The summed E-state index contributed by atoms with van der Waals surface area (Å²) in [7, 11) is 0. The molecule has 0 aromatic heterocycles. The highest BCUT2D eigenvalue weighted by Crippen LogP contribution is 2.44. The van der Waals surface area contributed by atoms with Gasteiger partial charge in [0.25, 0.3) is 11.7 Å². The lowest BCUT2D eigenvalue weighted by Gasteiger charge is -2.26. The highest BCUT2D eigenvalue weighted by atomic mass is 35.5. The number of aliphatic hydroxyl groups excluding tert-OH is 1. The van der Waals surface area contributed by atoms with Crippen molar-refractivity contribution in [1.29, 1.82) is 0 Å². The quantitative estimate of drug-likeness (QED) is 0.223. The average molecular weight is 528 g/mol. The number of Topliss-reactive ketones (excluding diaryl/α,β-unsaturated/α-hetero) is 1. The molecule has 1 aliphatic heterocycles. The molecular weight excluding hydrogens is 504 g/mol. The molecule has 0 aliphatic carbocycles. The molecule has 0 saturated carbocycles. The van der Waals surface area contributed by atoms with E-state index in [0.717, 1.165) is 23.1 Å². The molecule has 1 heterocycles. The van der Waals surface area contributed by atoms with Crippen LogP contribution in [-0.4, -0.2) is 28.5 Å². The number of carbonyl (C=O) groups excluding carboxylic acids is 2. The second-order valence-corrected chi connectivity index (χ2v) is 9.57. The zero-order chi connectivity index (χ0) is 27.0. The fraction of sp³-hybridized carbons (Fsp3) is 0.214. The molecule has 0 bridgehead atoms. The highest BCUT2D eigenvalue weighted by Gasteiger charge is 2.47. The molecule has 3 aromatic carbocycles. The van der Waals surface area contributed by atoms with E-state index in [1.165, 1.54) is 18.2 Å². The third-order valence-electron chi connectivity index (χ3n) is 5.93. The van der Waals surface area contributed by atoms with Crippen molar-refractivity contribution in [1.82, 2.24) is 0 Å². The van der Waals surface area contributed by atoms with Gasteiger partial charge in [-0.1, -0.05) is 31.5 Å². The van der Waals surface area contributed by atoms with Gasteiger partial charge in [0.15, 0.2) is 11.6 Å². The smallest absolute Gasteiger partial charge is 0.300 e. The summed E-state index contributed by atoms with van der Waals surface area (Å²) in [5, 5.41) is 21.1. The molecule has 0 radical (unpaired) electrons. The maximum absolute atomic E-state index is 14.1. The van der Waals surface area contributed by atoms with Crippen molar-refractivity contribution in [2.45, 2.75) is 26.8 Å². The van der Waals surface area contributed by atoms with Crippen LogP contribution in [0.2, 0.25) is 5.02 Å². The van der Waals surface area contributed by atoms with Gasteiger partial charge in [-0.2, -0.15) is 0 Å². The predicted molar refractivity (Wildman–Crippen MR) is 136 cm³/mol. The molecular formula is C28H24ClF2NO5. The number of phenolic OH excluding ortho intramolecular Hbond substituents is 1. The molecule has 9 heteroatoms. The summed E-state index contributed by atoms with van der Waals surface area (Å²) in [5.74, 6) is -4.19. The molecule has 1 atom stereocenters. The number of amides is 1. The Morgan fingerprint density at radius 1 is 1.05 bits per heavy atom. The first-order chi connectivity index (χ1) is 17.5. The maximum atomic E-state index is 14.1. The van der Waals surface area contributed by atoms with Crippen LogP contribution in [-0.2, 0) is 9.59 Å². The summed E-state index contributed by atoms with van der Waals surface area (Å²) in [5.41, 5.74) is 0.854. The zero-order valence-electron chi connectivity index (χ0n) is 20.3. The lowest BCUT2D eigenvalue weighted by molar-refractivity contribution is -0.132. The van der Waals surface area contributed by atoms with Crippen molar-refractivity contribution in [2.75, 3.05) is 11.5 Å². The van der Waals surface area contributed by atoms with Crippen LogP contribution < -0.4 is 9.64 Å². The topological polar surface area (TPSA) is 87.1 Å². The fourth-order valence-electron chi connectivity index (χ4n) is 4.11. The van der Waals surface area contributed by atoms with E-state index in [2.05, 4.69) is 0 Å². The van der Waals surface area contributed by atoms with E-state index in [-0.39, 0.29) is 33.2 Å². The molecule has 1 amide bonds. The van der Waals surface area contributed by atoms with Crippen LogP contribution in [0.25, 0.3) is 5.76 Å². The van der Waals surface area contributed by atoms with Crippen LogP contribution in [0.3, 0.4) is 0 Å². The summed E-state index contributed by atoms with van der Waals surface area (Å²) >= 11 is 6.10. The van der Waals surface area contributed by atoms with E-state index in [9.17, 15) is 28.6 Å². The number of phenols is 1. The lowest BCUT2D eigenvalue weighted by atomic mass is 9.94. The van der Waals surface area contributed by atoms with Gasteiger partial charge in [-0.25, -0.2) is 8.78 Å². The van der Waals surface area contributed by atoms with Crippen molar-refractivity contribution in [3.05, 3.63) is 93.5 Å². The monoisotopic (exact) mass is 527 g/mol. The zero-order valence-corrected chi connectivity index (χ0v) is 21.0. The molecule has 192 valence electrons. The summed E-state index contributed by atoms with van der Waals surface area (Å²) in [6.45, 7) is 6.30. The lowest BCUT2D eigenvalue weighted by Crippen LogP contribution is -2.29. The maximum Gasteiger partial charge on any atom is 0.300 e. The minimum atomic E-state index is -1.24. The highest BCUT2D eigenvalue weighted by molar-refractivity contribution is 6.51. The van der Waals surface area contributed by atoms with Crippen molar-refractivity contribution in [2.24, 2.45) is 5.92 Å². The third-order valence-corrected chi connectivity index (χ3v) is 6.24. The molecule has 6 nitrogen and oxygen atoms in total. The number of aryl methyl sites for hydroxylation is 1. The van der Waals surface area contributed by atoms with Gasteiger partial charge in [-0.3, -0.25) is 14.5 Å². The first kappa shape index (κ1) is 26.2. The summed E-state index contributed by atoms with van der Waals surface area (Å²) in [6.07, 6.45) is 0. The number of benzene rings is 3. The van der Waals surface area contributed by atoms with Gasteiger partial charge >= 0.3 is 0 Å². The van der Waals surface area contributed by atoms with Crippen LogP contribution in [0.15, 0.2) is 60.2 Å². The molecule has 1 aliphatic rings. The molecule has 1 unspecified atom stereocenters. The van der Waals surface area contributed by atoms with Crippen LogP contribution in [0.4, 0.5) is 14.5 Å². The van der Waals surface area contributed by atoms with Crippen molar-refractivity contribution >= 4 is 34.7 Å². The Morgan fingerprint density at radius 2 is 1.78 bits per heavy atom. The molecule has 4 rings (SSSR count). The Hall–Kier alpha value is -3.91. The minimum Gasteiger partial charge on any atom is -0.507 e. The standard InChI is InChI=1S/C28H24ClF2NO5/c1-14(2)13-37-23-9-5-17(10-15(23)3)26(34)24-25(16-4-8-22(33)19(29)11-16)32(28(36)27(24)35)18-6-7-20(30)21(31)12-18/h4-12,14,25,33-34H,13H2,1-3H3/b26-24+. The first-order valence-corrected chi connectivity index (χ1v) is 11.9. The van der Waals surface area contributed by atoms with E-state index < -0.39 is 35.1 Å². The number of aliphatic hydroxyl groups is 1. The van der Waals surface area contributed by atoms with Crippen LogP contribution in [0.5, 0.6) is 11.5 Å². The van der Waals surface area contributed by atoms with Crippen LogP contribution in [0, 0.1) is 24.5 Å². The second-order valence-electron chi connectivity index (χ2n) is 9.16. The Kier molecular flexibility index (Phi) is 7.23. The number of halogens is 3. The normalized spacial score (nSPS) is 17.1. The number of aromatic hydroxyl groups is 1. The number of hydrogen-bond donors (Lipinski definition) is 2. The van der Waals surface area contributed by atoms with Gasteiger partial charge in [0, 0.05) is 17.3 Å². The van der Waals surface area contributed by atoms with E-state index in [0.29, 0.717) is 23.8 Å². The third kappa shape index (κ3) is 5.02. The van der Waals surface area contributed by atoms with Crippen LogP contribution >= 0.6 is 11.6 Å². The first-order valence-electron chi connectivity index (χ1n) is 11.5. The van der Waals surface area contributed by atoms with Gasteiger partial charge in [0.1, 0.15) is 17.3 Å². The van der Waals surface area contributed by atoms with E-state index in [1.54, 1.807) is 25.1 Å². The number of ketones is 1. The number of rotatable bonds is 6. The molecule has 0 spiro atoms. The van der Waals surface area contributed by atoms with Crippen molar-refractivity contribution in [3.63, 3.8) is 0 Å². The van der Waals surface area contributed by atoms with Crippen molar-refractivity contribution in [3.8, 4) is 11.5 Å². The van der Waals surface area contributed by atoms with Gasteiger partial charge in [-0.05, 0) is 66.4 Å². The van der Waals surface area contributed by atoms with Crippen molar-refractivity contribution < 1.29 is 33.3 Å². The molecule has 2 N–H and O–H groups in total. The molecule has 1 saturated heterocycles. The van der Waals surface area contributed by atoms with E-state index in [1.807, 2.05) is 13.8 Å². The molecule has 1 fully saturated rings. The summed E-state index contributed by atoms with van der Waals surface area (Å²) in [4.78, 5) is 27.4. The Bertz CT molecular complexity index is 1440. The van der Waals surface area contributed by atoms with Gasteiger partial charge in [0.05, 0.1) is 23.2 Å². The molecule has 37 heavy (non-hydrogen) atoms. The minimum absolute atomic E-state index is 0.0594. The number of carbonyl (C=O) groups is 2. The number of nitrogens with zero attached hydrogens (tertiary/aromatic N) is 1. The summed E-state index contributed by atoms with van der Waals surface area (Å²) in [6, 6.07) is 10.4. The van der Waals surface area contributed by atoms with Gasteiger partial charge in [0.2, 0.25) is 0 Å². The second kappa shape index (κ2) is 10.2. The predicted octanol–water partition coefficient (Wildman–Crippen LogP) is 6.29. The summed E-state index contributed by atoms with van der Waals surface area (Å²) < 4.78 is 33.5. The van der Waals surface area contributed by atoms with Crippen LogP contribution in [0.1, 0.15) is 36.6 Å². The van der Waals surface area contributed by atoms with Gasteiger partial charge < -0.3 is 14.9 Å². The average Bonchev–Trinajstić information content (AvgIpc) is 3.11.